The molecule has 1 heterocycles. The highest BCUT2D eigenvalue weighted by molar-refractivity contribution is 7.99. The molecule has 0 spiro atoms. The van der Waals surface area contributed by atoms with Crippen LogP contribution in [-0.4, -0.2) is 26.5 Å². The number of para-hydroxylation sites is 1. The quantitative estimate of drug-likeness (QED) is 0.612. The van der Waals surface area contributed by atoms with Gasteiger partial charge in [-0.2, -0.15) is 9.94 Å². The van der Waals surface area contributed by atoms with Gasteiger partial charge in [-0.3, -0.25) is 9.59 Å². The van der Waals surface area contributed by atoms with Gasteiger partial charge in [0, 0.05) is 0 Å². The zero-order chi connectivity index (χ0) is 16.1. The number of nitrogens with one attached hydrogen (secondary N) is 1. The minimum Gasteiger partial charge on any atom is -0.334 e. The van der Waals surface area contributed by atoms with Crippen LogP contribution in [0.4, 0.5) is 5.69 Å². The standard InChI is InChI=1S/C13H12N6O2S/c1-8-12(21)19(15)13(18-17-8)22-7-11(20)16-10-5-3-2-4-9(10)6-14/h2-5H,7,15H2,1H3,(H,16,20). The van der Waals surface area contributed by atoms with Gasteiger partial charge in [-0.1, -0.05) is 23.9 Å². The lowest BCUT2D eigenvalue weighted by atomic mass is 10.2. The summed E-state index contributed by atoms with van der Waals surface area (Å²) in [6, 6.07) is 8.64. The van der Waals surface area contributed by atoms with Crippen molar-refractivity contribution < 1.29 is 4.79 Å². The van der Waals surface area contributed by atoms with Gasteiger partial charge in [0.05, 0.1) is 17.0 Å². The first kappa shape index (κ1) is 15.5. The molecule has 22 heavy (non-hydrogen) atoms. The molecule has 0 saturated carbocycles. The maximum Gasteiger partial charge on any atom is 0.294 e. The normalized spacial score (nSPS) is 10.0. The Morgan fingerprint density at radius 3 is 2.91 bits per heavy atom. The molecular weight excluding hydrogens is 304 g/mol. The van der Waals surface area contributed by atoms with Gasteiger partial charge in [-0.25, -0.2) is 0 Å². The molecule has 0 aliphatic carbocycles. The van der Waals surface area contributed by atoms with Crippen molar-refractivity contribution in [1.82, 2.24) is 14.9 Å². The predicted molar refractivity (Wildman–Crippen MR) is 81.7 cm³/mol. The van der Waals surface area contributed by atoms with Crippen LogP contribution >= 0.6 is 11.8 Å². The Morgan fingerprint density at radius 2 is 2.18 bits per heavy atom. The minimum atomic E-state index is -0.465. The molecule has 2 aromatic rings. The number of carbonyl (C=O) groups excluding carboxylic acids is 1. The van der Waals surface area contributed by atoms with Crippen LogP contribution in [0.1, 0.15) is 11.3 Å². The zero-order valence-electron chi connectivity index (χ0n) is 11.6. The molecule has 9 heteroatoms. The Bertz CT molecular complexity index is 811. The van der Waals surface area contributed by atoms with E-state index in [1.807, 2.05) is 6.07 Å². The lowest BCUT2D eigenvalue weighted by Crippen LogP contribution is -2.32. The Balaban J connectivity index is 2.04. The number of thioether (sulfide) groups is 1. The number of nitrogens with two attached hydrogens (primary N) is 1. The van der Waals surface area contributed by atoms with Crippen molar-refractivity contribution >= 4 is 23.4 Å². The Hall–Kier alpha value is -2.86. The first-order valence-corrected chi connectivity index (χ1v) is 7.14. The highest BCUT2D eigenvalue weighted by Gasteiger charge is 2.11. The Labute approximate surface area is 129 Å². The Kier molecular flexibility index (Phi) is 4.75. The number of hydrogen-bond donors (Lipinski definition) is 2. The average molecular weight is 316 g/mol. The summed E-state index contributed by atoms with van der Waals surface area (Å²) >= 11 is 0.980. The minimum absolute atomic E-state index is 0.0197. The smallest absolute Gasteiger partial charge is 0.294 e. The van der Waals surface area contributed by atoms with E-state index in [1.54, 1.807) is 24.3 Å². The summed E-state index contributed by atoms with van der Waals surface area (Å²) in [5.74, 6) is 5.21. The molecule has 1 aromatic carbocycles. The molecular formula is C13H12N6O2S. The van der Waals surface area contributed by atoms with Crippen LogP contribution in [0.5, 0.6) is 0 Å². The van der Waals surface area contributed by atoms with E-state index in [9.17, 15) is 9.59 Å². The fraction of sp³-hybridized carbons (Fsp3) is 0.154. The number of nitriles is 1. The number of amides is 1. The largest absolute Gasteiger partial charge is 0.334 e. The average Bonchev–Trinajstić information content (AvgIpc) is 2.52. The SMILES string of the molecule is Cc1nnc(SCC(=O)Nc2ccccc2C#N)n(N)c1=O. The third-order valence-electron chi connectivity index (χ3n) is 2.67. The third kappa shape index (κ3) is 3.42. The van der Waals surface area contributed by atoms with E-state index < -0.39 is 5.56 Å². The van der Waals surface area contributed by atoms with Crippen molar-refractivity contribution in [3.8, 4) is 6.07 Å². The molecule has 1 amide bonds. The third-order valence-corrected chi connectivity index (χ3v) is 3.62. The summed E-state index contributed by atoms with van der Waals surface area (Å²) in [6.07, 6.45) is 0. The van der Waals surface area contributed by atoms with Crippen molar-refractivity contribution in [2.24, 2.45) is 0 Å². The lowest BCUT2D eigenvalue weighted by molar-refractivity contribution is -0.113. The summed E-state index contributed by atoms with van der Waals surface area (Å²) in [7, 11) is 0. The fourth-order valence-electron chi connectivity index (χ4n) is 1.57. The van der Waals surface area contributed by atoms with Crippen molar-refractivity contribution in [2.45, 2.75) is 12.1 Å². The molecule has 0 unspecified atom stereocenters. The molecule has 0 radical (unpaired) electrons. The van der Waals surface area contributed by atoms with Gasteiger partial charge < -0.3 is 11.2 Å². The number of anilines is 1. The lowest BCUT2D eigenvalue weighted by Gasteiger charge is -2.07. The van der Waals surface area contributed by atoms with E-state index in [1.165, 1.54) is 6.92 Å². The van der Waals surface area contributed by atoms with Crippen LogP contribution in [0, 0.1) is 18.3 Å². The van der Waals surface area contributed by atoms with Gasteiger partial charge in [-0.15, -0.1) is 10.2 Å². The molecule has 0 bridgehead atoms. The second-order valence-corrected chi connectivity index (χ2v) is 5.18. The molecule has 8 nitrogen and oxygen atoms in total. The second kappa shape index (κ2) is 6.73. The number of nitrogens with zero attached hydrogens (tertiary/aromatic N) is 4. The molecule has 2 rings (SSSR count). The van der Waals surface area contributed by atoms with Crippen molar-refractivity contribution in [3.05, 3.63) is 45.9 Å². The highest BCUT2D eigenvalue weighted by atomic mass is 32.2. The maximum atomic E-state index is 11.9. The van der Waals surface area contributed by atoms with E-state index in [4.69, 9.17) is 11.1 Å². The first-order chi connectivity index (χ1) is 10.5. The van der Waals surface area contributed by atoms with Gasteiger partial charge in [0.25, 0.3) is 5.56 Å². The number of hydrogen-bond acceptors (Lipinski definition) is 7. The van der Waals surface area contributed by atoms with Crippen LogP contribution in [0.2, 0.25) is 0 Å². The van der Waals surface area contributed by atoms with Crippen molar-refractivity contribution in [3.63, 3.8) is 0 Å². The number of carbonyl (C=O) groups is 1. The molecule has 1 aromatic heterocycles. The summed E-state index contributed by atoms with van der Waals surface area (Å²) in [5.41, 5.74) is 0.509. The van der Waals surface area contributed by atoms with Gasteiger partial charge >= 0.3 is 0 Å². The van der Waals surface area contributed by atoms with E-state index in [0.717, 1.165) is 16.4 Å². The van der Waals surface area contributed by atoms with Crippen molar-refractivity contribution in [1.29, 1.82) is 5.26 Å². The summed E-state index contributed by atoms with van der Waals surface area (Å²) < 4.78 is 0.851. The summed E-state index contributed by atoms with van der Waals surface area (Å²) in [5, 5.41) is 19.1. The maximum absolute atomic E-state index is 11.9. The monoisotopic (exact) mass is 316 g/mol. The molecule has 112 valence electrons. The van der Waals surface area contributed by atoms with E-state index in [-0.39, 0.29) is 22.5 Å². The number of nitrogen functional groups attached to an aromatic ring is 1. The van der Waals surface area contributed by atoms with E-state index in [0.29, 0.717) is 11.3 Å². The van der Waals surface area contributed by atoms with Crippen LogP contribution in [-0.2, 0) is 4.79 Å². The van der Waals surface area contributed by atoms with Crippen molar-refractivity contribution in [2.75, 3.05) is 16.9 Å². The van der Waals surface area contributed by atoms with Crippen LogP contribution in [0.25, 0.3) is 0 Å². The number of rotatable bonds is 4. The topological polar surface area (TPSA) is 127 Å². The second-order valence-electron chi connectivity index (χ2n) is 4.24. The van der Waals surface area contributed by atoms with Gasteiger partial charge in [0.2, 0.25) is 11.1 Å². The van der Waals surface area contributed by atoms with Crippen LogP contribution in [0.3, 0.4) is 0 Å². The van der Waals surface area contributed by atoms with Gasteiger partial charge in [-0.05, 0) is 19.1 Å². The summed E-state index contributed by atoms with van der Waals surface area (Å²) in [4.78, 5) is 23.5. The molecule has 0 aliphatic heterocycles. The van der Waals surface area contributed by atoms with Gasteiger partial charge in [0.15, 0.2) is 0 Å². The number of benzene rings is 1. The molecule has 0 aliphatic rings. The summed E-state index contributed by atoms with van der Waals surface area (Å²) in [6.45, 7) is 1.50. The number of aromatic nitrogens is 3. The van der Waals surface area contributed by atoms with E-state index in [2.05, 4.69) is 15.5 Å². The van der Waals surface area contributed by atoms with Gasteiger partial charge in [0.1, 0.15) is 11.8 Å². The fourth-order valence-corrected chi connectivity index (χ4v) is 2.23. The first-order valence-electron chi connectivity index (χ1n) is 6.16. The highest BCUT2D eigenvalue weighted by Crippen LogP contribution is 2.16. The molecule has 0 saturated heterocycles. The zero-order valence-corrected chi connectivity index (χ0v) is 12.4. The predicted octanol–water partition coefficient (Wildman–Crippen LogP) is 0.263. The molecule has 0 atom stereocenters. The van der Waals surface area contributed by atoms with E-state index >= 15 is 0 Å². The Morgan fingerprint density at radius 1 is 1.45 bits per heavy atom. The number of aryl methyl sites for hydroxylation is 1. The molecule has 3 N–H and O–H groups in total. The molecule has 0 fully saturated rings. The van der Waals surface area contributed by atoms with Crippen LogP contribution in [0.15, 0.2) is 34.2 Å². The van der Waals surface area contributed by atoms with Crippen LogP contribution < -0.4 is 16.7 Å².